The number of halogens is 2. The van der Waals surface area contributed by atoms with Crippen LogP contribution in [0.4, 0.5) is 15.2 Å². The Morgan fingerprint density at radius 3 is 2.72 bits per heavy atom. The fraction of sp³-hybridized carbons (Fsp3) is 0.542. The highest BCUT2D eigenvalue weighted by molar-refractivity contribution is 7.18. The monoisotopic (exact) mass is 533 g/mol. The van der Waals surface area contributed by atoms with Crippen LogP contribution in [0.1, 0.15) is 40.5 Å². The molecule has 9 nitrogen and oxygen atoms in total. The summed E-state index contributed by atoms with van der Waals surface area (Å²) in [4.78, 5) is 22.2. The highest BCUT2D eigenvalue weighted by atomic mass is 35.5. The Morgan fingerprint density at radius 1 is 1.25 bits per heavy atom. The maximum Gasteiger partial charge on any atom is 0.327 e. The molecule has 1 aromatic carbocycles. The van der Waals surface area contributed by atoms with E-state index in [1.54, 1.807) is 18.3 Å². The van der Waals surface area contributed by atoms with Crippen molar-refractivity contribution >= 4 is 39.7 Å². The van der Waals surface area contributed by atoms with Gasteiger partial charge in [0, 0.05) is 13.1 Å². The van der Waals surface area contributed by atoms with E-state index in [2.05, 4.69) is 52.9 Å². The number of carboxylic acid groups (broad SMARTS) is 1. The van der Waals surface area contributed by atoms with Crippen LogP contribution in [0.3, 0.4) is 0 Å². The molecule has 2 unspecified atom stereocenters. The van der Waals surface area contributed by atoms with Gasteiger partial charge in [0.25, 0.3) is 0 Å². The van der Waals surface area contributed by atoms with Crippen LogP contribution in [-0.4, -0.2) is 60.4 Å². The van der Waals surface area contributed by atoms with Crippen LogP contribution < -0.4 is 9.80 Å². The van der Waals surface area contributed by atoms with Crippen LogP contribution in [0, 0.1) is 17.7 Å². The molecule has 2 aliphatic heterocycles. The Kier molecular flexibility index (Phi) is 6.19. The normalized spacial score (nSPS) is 23.4. The summed E-state index contributed by atoms with van der Waals surface area (Å²) in [5, 5.41) is 22.4. The lowest BCUT2D eigenvalue weighted by Crippen LogP contribution is -2.60. The van der Waals surface area contributed by atoms with E-state index in [4.69, 9.17) is 21.7 Å². The minimum Gasteiger partial charge on any atom is -0.480 e. The predicted octanol–water partition coefficient (Wildman–Crippen LogP) is 4.58. The van der Waals surface area contributed by atoms with E-state index >= 15 is 0 Å². The average molecular weight is 534 g/mol. The molecule has 4 heterocycles. The summed E-state index contributed by atoms with van der Waals surface area (Å²) in [7, 11) is 0. The van der Waals surface area contributed by atoms with Crippen molar-refractivity contribution in [3.8, 4) is 10.7 Å². The van der Waals surface area contributed by atoms with Gasteiger partial charge in [-0.15, -0.1) is 10.2 Å². The first kappa shape index (κ1) is 24.9. The standard InChI is InChI=1S/C24H29ClFN7O2S/c1-14(2)8-23-11-24(15(3)4,13-31(23)18-7-16(26)5-6-17(18)25)32(12-23)22-27-9-19(36-22)21-28-30-33(29-21)10-20(34)35/h5-7,9,14-15H,8,10-13H2,1-4H3,(H,34,35). The molecular weight excluding hydrogens is 505 g/mol. The lowest BCUT2D eigenvalue weighted by Gasteiger charge is -2.49. The first-order valence-electron chi connectivity index (χ1n) is 12.0. The zero-order valence-electron chi connectivity index (χ0n) is 20.6. The molecule has 12 heteroatoms. The molecule has 192 valence electrons. The number of aliphatic carboxylic acids is 1. The van der Waals surface area contributed by atoms with Gasteiger partial charge in [0.2, 0.25) is 5.82 Å². The maximum absolute atomic E-state index is 14.3. The third kappa shape index (κ3) is 4.11. The van der Waals surface area contributed by atoms with E-state index < -0.39 is 5.97 Å². The summed E-state index contributed by atoms with van der Waals surface area (Å²) >= 11 is 8.08. The van der Waals surface area contributed by atoms with E-state index in [0.29, 0.717) is 29.2 Å². The van der Waals surface area contributed by atoms with Crippen molar-refractivity contribution in [2.24, 2.45) is 11.8 Å². The number of thiazole rings is 1. The van der Waals surface area contributed by atoms with Gasteiger partial charge >= 0.3 is 5.97 Å². The maximum atomic E-state index is 14.3. The van der Waals surface area contributed by atoms with Gasteiger partial charge in [-0.1, -0.05) is 50.6 Å². The number of carboxylic acids is 1. The third-order valence-corrected chi connectivity index (χ3v) is 8.70. The number of fused-ring (bicyclic) bond motifs is 2. The summed E-state index contributed by atoms with van der Waals surface area (Å²) in [6.45, 7) is 9.98. The number of hydrogen-bond acceptors (Lipinski definition) is 8. The van der Waals surface area contributed by atoms with Crippen molar-refractivity contribution in [1.82, 2.24) is 25.2 Å². The van der Waals surface area contributed by atoms with Crippen LogP contribution in [0.25, 0.3) is 10.7 Å². The van der Waals surface area contributed by atoms with Crippen molar-refractivity contribution < 1.29 is 14.3 Å². The Bertz CT molecular complexity index is 1300. The van der Waals surface area contributed by atoms with Gasteiger partial charge in [-0.25, -0.2) is 9.37 Å². The summed E-state index contributed by atoms with van der Waals surface area (Å²) in [5.74, 6) is -0.239. The molecule has 0 amide bonds. The molecule has 0 saturated carbocycles. The summed E-state index contributed by atoms with van der Waals surface area (Å²) in [6.07, 6.45) is 3.58. The van der Waals surface area contributed by atoms with Crippen LogP contribution in [-0.2, 0) is 11.3 Å². The fourth-order valence-corrected chi connectivity index (χ4v) is 7.11. The van der Waals surface area contributed by atoms with Crippen molar-refractivity contribution in [3.05, 3.63) is 35.2 Å². The molecule has 2 saturated heterocycles. The number of tetrazole rings is 1. The number of hydrogen-bond donors (Lipinski definition) is 1. The van der Waals surface area contributed by atoms with E-state index in [1.165, 1.54) is 17.4 Å². The second kappa shape index (κ2) is 8.95. The van der Waals surface area contributed by atoms with Gasteiger partial charge in [-0.05, 0) is 48.1 Å². The van der Waals surface area contributed by atoms with Gasteiger partial charge in [0.15, 0.2) is 11.7 Å². The zero-order valence-corrected chi connectivity index (χ0v) is 22.2. The highest BCUT2D eigenvalue weighted by Crippen LogP contribution is 2.57. The smallest absolute Gasteiger partial charge is 0.327 e. The average Bonchev–Trinajstić information content (AvgIpc) is 3.55. The van der Waals surface area contributed by atoms with Gasteiger partial charge in [-0.3, -0.25) is 4.79 Å². The zero-order chi connectivity index (χ0) is 25.8. The fourth-order valence-electron chi connectivity index (χ4n) is 5.96. The number of piperazine rings is 1. The number of nitrogens with zero attached hydrogens (tertiary/aromatic N) is 7. The van der Waals surface area contributed by atoms with E-state index in [0.717, 1.165) is 39.9 Å². The number of carbonyl (C=O) groups is 1. The quantitative estimate of drug-likeness (QED) is 0.449. The van der Waals surface area contributed by atoms with E-state index in [-0.39, 0.29) is 23.4 Å². The molecule has 1 N–H and O–H groups in total. The van der Waals surface area contributed by atoms with Crippen LogP contribution in [0.5, 0.6) is 0 Å². The first-order valence-corrected chi connectivity index (χ1v) is 13.2. The summed E-state index contributed by atoms with van der Waals surface area (Å²) in [5.41, 5.74) is 0.317. The topological polar surface area (TPSA) is 100 Å². The van der Waals surface area contributed by atoms with E-state index in [9.17, 15) is 9.18 Å². The molecule has 0 aliphatic carbocycles. The van der Waals surface area contributed by atoms with Crippen molar-refractivity contribution in [2.45, 2.75) is 58.2 Å². The Labute approximate surface area is 217 Å². The molecule has 2 aromatic heterocycles. The highest BCUT2D eigenvalue weighted by Gasteiger charge is 2.64. The van der Waals surface area contributed by atoms with Gasteiger partial charge < -0.3 is 14.9 Å². The molecule has 2 aliphatic rings. The lowest BCUT2D eigenvalue weighted by molar-refractivity contribution is -0.138. The van der Waals surface area contributed by atoms with Crippen LogP contribution in [0.2, 0.25) is 5.02 Å². The van der Waals surface area contributed by atoms with Crippen molar-refractivity contribution in [3.63, 3.8) is 0 Å². The largest absolute Gasteiger partial charge is 0.480 e. The summed E-state index contributed by atoms with van der Waals surface area (Å²) in [6, 6.07) is 4.59. The van der Waals surface area contributed by atoms with Gasteiger partial charge in [0.05, 0.1) is 32.9 Å². The molecule has 3 aromatic rings. The van der Waals surface area contributed by atoms with Crippen LogP contribution >= 0.6 is 22.9 Å². The molecular formula is C24H29ClFN7O2S. The molecule has 2 atom stereocenters. The van der Waals surface area contributed by atoms with Gasteiger partial charge in [0.1, 0.15) is 5.82 Å². The molecule has 0 radical (unpaired) electrons. The first-order chi connectivity index (χ1) is 17.0. The number of rotatable bonds is 8. The van der Waals surface area contributed by atoms with Crippen molar-refractivity contribution in [1.29, 1.82) is 0 Å². The minimum absolute atomic E-state index is 0.214. The van der Waals surface area contributed by atoms with E-state index in [1.807, 2.05) is 0 Å². The van der Waals surface area contributed by atoms with Gasteiger partial charge in [-0.2, -0.15) is 4.80 Å². The minimum atomic E-state index is -1.03. The molecule has 2 bridgehead atoms. The second-order valence-corrected chi connectivity index (χ2v) is 12.0. The molecule has 2 fully saturated rings. The Hall–Kier alpha value is -2.79. The van der Waals surface area contributed by atoms with Crippen LogP contribution in [0.15, 0.2) is 24.4 Å². The Balaban J connectivity index is 1.52. The third-order valence-electron chi connectivity index (χ3n) is 7.37. The lowest BCUT2D eigenvalue weighted by atomic mass is 9.81. The molecule has 5 rings (SSSR count). The molecule has 36 heavy (non-hydrogen) atoms. The Morgan fingerprint density at radius 2 is 2.03 bits per heavy atom. The predicted molar refractivity (Wildman–Crippen MR) is 137 cm³/mol. The molecule has 0 spiro atoms. The van der Waals surface area contributed by atoms with Crippen molar-refractivity contribution in [2.75, 3.05) is 22.9 Å². The number of benzene rings is 1. The SMILES string of the molecule is CC(C)CC12CN(c3ncc(-c4nnn(CC(=O)O)n4)s3)C(C(C)C)(CN1c1cc(F)ccc1Cl)C2. The second-order valence-electron chi connectivity index (χ2n) is 10.6. The number of anilines is 2. The summed E-state index contributed by atoms with van der Waals surface area (Å²) < 4.78 is 14.3. The number of aromatic nitrogens is 5.